The average Bonchev–Trinajstić information content (AvgIpc) is 2.39. The number of fused-ring (bicyclic) bond motifs is 1. The molecule has 100 valence electrons. The van der Waals surface area contributed by atoms with Gasteiger partial charge in [-0.1, -0.05) is 25.5 Å². The predicted octanol–water partition coefficient (Wildman–Crippen LogP) is 2.89. The molecule has 0 aromatic rings. The summed E-state index contributed by atoms with van der Waals surface area (Å²) in [6, 6.07) is 0. The molecule has 18 heavy (non-hydrogen) atoms. The smallest absolute Gasteiger partial charge is 0.306 e. The second-order valence-electron chi connectivity index (χ2n) is 5.86. The van der Waals surface area contributed by atoms with Gasteiger partial charge >= 0.3 is 5.97 Å². The number of Topliss-reactive ketones (excluding diaryl/α,β-unsaturated/α-hetero) is 1. The Morgan fingerprint density at radius 2 is 2.00 bits per heavy atom. The summed E-state index contributed by atoms with van der Waals surface area (Å²) < 4.78 is 5.14. The van der Waals surface area contributed by atoms with Crippen LogP contribution < -0.4 is 0 Å². The van der Waals surface area contributed by atoms with Crippen molar-refractivity contribution in [1.29, 1.82) is 0 Å². The average molecular weight is 250 g/mol. The molecule has 0 N–H and O–H groups in total. The number of ether oxygens (including phenoxy) is 1. The third-order valence-electron chi connectivity index (χ3n) is 4.70. The number of allylic oxidation sites excluding steroid dienone is 2. The molecule has 1 fully saturated rings. The lowest BCUT2D eigenvalue weighted by Gasteiger charge is -2.40. The topological polar surface area (TPSA) is 43.4 Å². The minimum atomic E-state index is -0.397. The van der Waals surface area contributed by atoms with Gasteiger partial charge in [0, 0.05) is 11.8 Å². The highest BCUT2D eigenvalue weighted by atomic mass is 16.5. The summed E-state index contributed by atoms with van der Waals surface area (Å²) >= 11 is 0. The zero-order valence-electron chi connectivity index (χ0n) is 11.5. The van der Waals surface area contributed by atoms with Gasteiger partial charge in [0.05, 0.1) is 5.92 Å². The monoisotopic (exact) mass is 250 g/mol. The van der Waals surface area contributed by atoms with E-state index in [0.717, 1.165) is 18.4 Å². The number of carbonyl (C=O) groups is 2. The van der Waals surface area contributed by atoms with Crippen LogP contribution in [-0.2, 0) is 14.3 Å². The maximum Gasteiger partial charge on any atom is 0.306 e. The third kappa shape index (κ3) is 2.11. The van der Waals surface area contributed by atoms with Gasteiger partial charge in [-0.3, -0.25) is 9.59 Å². The molecule has 0 unspecified atom stereocenters. The van der Waals surface area contributed by atoms with Gasteiger partial charge in [0.25, 0.3) is 0 Å². The zero-order chi connectivity index (χ0) is 13.3. The Morgan fingerprint density at radius 3 is 2.72 bits per heavy atom. The number of rotatable bonds is 0. The lowest BCUT2D eigenvalue weighted by Crippen LogP contribution is -2.42. The molecule has 1 aliphatic carbocycles. The van der Waals surface area contributed by atoms with Crippen LogP contribution in [0, 0.1) is 17.3 Å². The molecule has 0 saturated carbocycles. The van der Waals surface area contributed by atoms with E-state index in [4.69, 9.17) is 4.74 Å². The van der Waals surface area contributed by atoms with Crippen LogP contribution in [0.15, 0.2) is 11.6 Å². The molecule has 3 nitrogen and oxygen atoms in total. The van der Waals surface area contributed by atoms with Crippen molar-refractivity contribution in [3.8, 4) is 0 Å². The zero-order valence-corrected chi connectivity index (χ0v) is 11.5. The van der Waals surface area contributed by atoms with Gasteiger partial charge in [0.15, 0.2) is 0 Å². The summed E-state index contributed by atoms with van der Waals surface area (Å²) in [6.45, 7) is 6.30. The van der Waals surface area contributed by atoms with E-state index in [1.165, 1.54) is 0 Å². The number of cyclic esters (lactones) is 1. The van der Waals surface area contributed by atoms with Crippen LogP contribution in [0.4, 0.5) is 0 Å². The molecule has 1 aliphatic heterocycles. The minimum Gasteiger partial charge on any atom is -0.465 e. The van der Waals surface area contributed by atoms with Crippen molar-refractivity contribution >= 4 is 11.8 Å². The Balaban J connectivity index is 2.40. The van der Waals surface area contributed by atoms with E-state index in [1.807, 2.05) is 6.92 Å². The molecule has 2 rings (SSSR count). The lowest BCUT2D eigenvalue weighted by atomic mass is 9.62. The molecule has 1 saturated heterocycles. The van der Waals surface area contributed by atoms with Crippen LogP contribution in [-0.4, -0.2) is 18.4 Å². The van der Waals surface area contributed by atoms with E-state index in [0.29, 0.717) is 18.8 Å². The van der Waals surface area contributed by atoms with Gasteiger partial charge < -0.3 is 4.74 Å². The van der Waals surface area contributed by atoms with Crippen molar-refractivity contribution in [1.82, 2.24) is 0 Å². The first-order valence-corrected chi connectivity index (χ1v) is 6.85. The highest BCUT2D eigenvalue weighted by Crippen LogP contribution is 2.46. The number of esters is 1. The van der Waals surface area contributed by atoms with Crippen LogP contribution >= 0.6 is 0 Å². The van der Waals surface area contributed by atoms with Gasteiger partial charge in [-0.25, -0.2) is 0 Å². The SMILES string of the molecule is C[C@@H]1COC(=O)CCC2=CCC[C@H](C)[C@@]2(C)C1=O. The van der Waals surface area contributed by atoms with E-state index in [-0.39, 0.29) is 24.3 Å². The van der Waals surface area contributed by atoms with E-state index in [2.05, 4.69) is 19.9 Å². The largest absolute Gasteiger partial charge is 0.465 e. The number of hydrogen-bond acceptors (Lipinski definition) is 3. The van der Waals surface area contributed by atoms with E-state index in [1.54, 1.807) is 0 Å². The van der Waals surface area contributed by atoms with Crippen LogP contribution in [0.1, 0.15) is 46.5 Å². The van der Waals surface area contributed by atoms with E-state index >= 15 is 0 Å². The Hall–Kier alpha value is -1.12. The predicted molar refractivity (Wildman–Crippen MR) is 69.0 cm³/mol. The fourth-order valence-corrected chi connectivity index (χ4v) is 3.20. The maximum absolute atomic E-state index is 12.7. The number of ketones is 1. The Bertz CT molecular complexity index is 397. The maximum atomic E-state index is 12.7. The molecule has 2 aliphatic rings. The van der Waals surface area contributed by atoms with Gasteiger partial charge in [0.2, 0.25) is 0 Å². The summed E-state index contributed by atoms with van der Waals surface area (Å²) in [4.78, 5) is 24.2. The van der Waals surface area contributed by atoms with Crippen LogP contribution in [0.5, 0.6) is 0 Å². The second kappa shape index (κ2) is 4.87. The third-order valence-corrected chi connectivity index (χ3v) is 4.70. The summed E-state index contributed by atoms with van der Waals surface area (Å²) in [5.41, 5.74) is 0.753. The summed E-state index contributed by atoms with van der Waals surface area (Å²) in [7, 11) is 0. The fraction of sp³-hybridized carbons (Fsp3) is 0.733. The van der Waals surface area contributed by atoms with Crippen LogP contribution in [0.25, 0.3) is 0 Å². The summed E-state index contributed by atoms with van der Waals surface area (Å²) in [6.07, 6.45) is 5.30. The molecule has 0 aromatic carbocycles. The first-order valence-electron chi connectivity index (χ1n) is 6.85. The quantitative estimate of drug-likeness (QED) is 0.490. The van der Waals surface area contributed by atoms with Crippen molar-refractivity contribution in [3.63, 3.8) is 0 Å². The normalized spacial score (nSPS) is 37.8. The molecule has 0 radical (unpaired) electrons. The fourth-order valence-electron chi connectivity index (χ4n) is 3.20. The molecule has 3 atom stereocenters. The highest BCUT2D eigenvalue weighted by molar-refractivity contribution is 5.90. The van der Waals surface area contributed by atoms with Crippen molar-refractivity contribution in [2.24, 2.45) is 17.3 Å². The molecule has 0 aromatic heterocycles. The standard InChI is InChI=1S/C15H22O3/c1-10-9-18-13(16)8-7-12-6-4-5-11(2)15(12,3)14(10)17/h6,10-11H,4-5,7-9H2,1-3H3/t10-,11+,15-/m1/s1. The van der Waals surface area contributed by atoms with Crippen LogP contribution in [0.2, 0.25) is 0 Å². The Morgan fingerprint density at radius 1 is 1.28 bits per heavy atom. The first kappa shape index (κ1) is 13.3. The van der Waals surface area contributed by atoms with Crippen molar-refractivity contribution in [2.45, 2.75) is 46.5 Å². The lowest BCUT2D eigenvalue weighted by molar-refractivity contribution is -0.146. The van der Waals surface area contributed by atoms with Crippen molar-refractivity contribution < 1.29 is 14.3 Å². The Labute approximate surface area is 109 Å². The van der Waals surface area contributed by atoms with Gasteiger partial charge in [-0.15, -0.1) is 0 Å². The van der Waals surface area contributed by atoms with Gasteiger partial charge in [-0.2, -0.15) is 0 Å². The van der Waals surface area contributed by atoms with E-state index in [9.17, 15) is 9.59 Å². The number of carbonyl (C=O) groups excluding carboxylic acids is 2. The molecule has 3 heteroatoms. The molecule has 0 amide bonds. The summed E-state index contributed by atoms with van der Waals surface area (Å²) in [5, 5.41) is 0. The molecule has 0 bridgehead atoms. The molecular formula is C15H22O3. The molecular weight excluding hydrogens is 228 g/mol. The van der Waals surface area contributed by atoms with Crippen molar-refractivity contribution in [3.05, 3.63) is 11.6 Å². The molecule has 1 heterocycles. The molecule has 0 spiro atoms. The Kier molecular flexibility index (Phi) is 3.60. The minimum absolute atomic E-state index is 0.182. The number of hydrogen-bond donors (Lipinski definition) is 0. The van der Waals surface area contributed by atoms with Crippen LogP contribution in [0.3, 0.4) is 0 Å². The second-order valence-corrected chi connectivity index (χ2v) is 5.86. The van der Waals surface area contributed by atoms with Gasteiger partial charge in [-0.05, 0) is 32.1 Å². The highest BCUT2D eigenvalue weighted by Gasteiger charge is 2.45. The van der Waals surface area contributed by atoms with E-state index < -0.39 is 5.41 Å². The summed E-state index contributed by atoms with van der Waals surface area (Å²) in [5.74, 6) is 0.190. The van der Waals surface area contributed by atoms with Crippen molar-refractivity contribution in [2.75, 3.05) is 6.61 Å². The van der Waals surface area contributed by atoms with Gasteiger partial charge in [0.1, 0.15) is 12.4 Å². The first-order chi connectivity index (χ1) is 8.46.